The number of H-pyrrole nitrogens is 1. The zero-order valence-corrected chi connectivity index (χ0v) is 20.9. The van der Waals surface area contributed by atoms with E-state index in [0.717, 1.165) is 0 Å². The van der Waals surface area contributed by atoms with Gasteiger partial charge in [-0.2, -0.15) is 11.8 Å². The number of nitrogens with one attached hydrogen (secondary N) is 4. The SMILES string of the molecule is CSCCC(NC(=O)C(Cc1cnc[nH]1)NC(=O)C(N)C(C)C)C(=O)NC(CCC(N)=O)C(=O)O. The first-order chi connectivity index (χ1) is 16.5. The molecule has 0 spiro atoms. The third kappa shape index (κ3) is 10.8. The van der Waals surface area contributed by atoms with Gasteiger partial charge in [0.05, 0.1) is 12.4 Å². The third-order valence-corrected chi connectivity index (χ3v) is 5.81. The van der Waals surface area contributed by atoms with Gasteiger partial charge in [0, 0.05) is 24.7 Å². The number of aromatic nitrogens is 2. The van der Waals surface area contributed by atoms with Gasteiger partial charge in [-0.1, -0.05) is 13.8 Å². The summed E-state index contributed by atoms with van der Waals surface area (Å²) < 4.78 is 0. The van der Waals surface area contributed by atoms with Crippen molar-refractivity contribution in [3.8, 4) is 0 Å². The second kappa shape index (κ2) is 15.0. The van der Waals surface area contributed by atoms with E-state index < -0.39 is 53.8 Å². The van der Waals surface area contributed by atoms with E-state index in [0.29, 0.717) is 11.4 Å². The van der Waals surface area contributed by atoms with E-state index in [4.69, 9.17) is 11.5 Å². The summed E-state index contributed by atoms with van der Waals surface area (Å²) in [6.07, 6.45) is 4.60. The van der Waals surface area contributed by atoms with Crippen molar-refractivity contribution >= 4 is 41.4 Å². The Morgan fingerprint density at radius 2 is 1.63 bits per heavy atom. The quantitative estimate of drug-likeness (QED) is 0.136. The summed E-state index contributed by atoms with van der Waals surface area (Å²) in [7, 11) is 0. The molecule has 0 aliphatic rings. The van der Waals surface area contributed by atoms with Crippen molar-refractivity contribution < 1.29 is 29.1 Å². The number of hydrogen-bond acceptors (Lipinski definition) is 8. The van der Waals surface area contributed by atoms with E-state index >= 15 is 0 Å². The Labute approximate surface area is 207 Å². The van der Waals surface area contributed by atoms with E-state index in [2.05, 4.69) is 25.9 Å². The van der Waals surface area contributed by atoms with Crippen LogP contribution in [0.1, 0.15) is 38.8 Å². The molecule has 0 radical (unpaired) electrons. The molecule has 4 atom stereocenters. The molecule has 0 saturated carbocycles. The fourth-order valence-corrected chi connectivity index (χ4v) is 3.46. The van der Waals surface area contributed by atoms with Crippen LogP contribution in [0.2, 0.25) is 0 Å². The van der Waals surface area contributed by atoms with Gasteiger partial charge < -0.3 is 37.5 Å². The van der Waals surface area contributed by atoms with Crippen LogP contribution in [0.25, 0.3) is 0 Å². The Hall–Kier alpha value is -3.13. The fourth-order valence-electron chi connectivity index (χ4n) is 2.99. The van der Waals surface area contributed by atoms with Crippen molar-refractivity contribution in [3.63, 3.8) is 0 Å². The first-order valence-electron chi connectivity index (χ1n) is 11.1. The van der Waals surface area contributed by atoms with Crippen molar-refractivity contribution in [1.29, 1.82) is 0 Å². The predicted octanol–water partition coefficient (Wildman–Crippen LogP) is -1.51. The lowest BCUT2D eigenvalue weighted by Crippen LogP contribution is -2.58. The van der Waals surface area contributed by atoms with Crippen LogP contribution in [-0.2, 0) is 30.4 Å². The van der Waals surface area contributed by atoms with Crippen molar-refractivity contribution in [2.24, 2.45) is 17.4 Å². The van der Waals surface area contributed by atoms with Crippen LogP contribution < -0.4 is 27.4 Å². The summed E-state index contributed by atoms with van der Waals surface area (Å²) >= 11 is 1.44. The number of carbonyl (C=O) groups excluding carboxylic acids is 4. The number of amides is 4. The number of aliphatic carboxylic acids is 1. The van der Waals surface area contributed by atoms with Gasteiger partial charge in [-0.05, 0) is 30.8 Å². The second-order valence-electron chi connectivity index (χ2n) is 8.36. The molecule has 4 unspecified atom stereocenters. The average Bonchev–Trinajstić information content (AvgIpc) is 3.30. The minimum absolute atomic E-state index is 0.0651. The van der Waals surface area contributed by atoms with Gasteiger partial charge in [0.25, 0.3) is 0 Å². The van der Waals surface area contributed by atoms with Crippen molar-refractivity contribution in [2.75, 3.05) is 12.0 Å². The molecular weight excluding hydrogens is 478 g/mol. The maximum absolute atomic E-state index is 13.1. The number of nitrogens with zero attached hydrogens (tertiary/aromatic N) is 1. The monoisotopic (exact) mass is 513 g/mol. The van der Waals surface area contributed by atoms with Crippen LogP contribution in [0.5, 0.6) is 0 Å². The Balaban J connectivity index is 3.02. The number of nitrogens with two attached hydrogens (primary N) is 2. The van der Waals surface area contributed by atoms with Crippen molar-refractivity contribution in [2.45, 2.75) is 63.7 Å². The van der Waals surface area contributed by atoms with Crippen molar-refractivity contribution in [1.82, 2.24) is 25.9 Å². The maximum atomic E-state index is 13.1. The minimum atomic E-state index is -1.35. The van der Waals surface area contributed by atoms with Crippen LogP contribution in [0.15, 0.2) is 12.5 Å². The molecule has 1 rings (SSSR count). The number of primary amides is 1. The standard InChI is InChI=1S/C21H35N7O6S/c1-11(2)17(23)20(32)28-15(8-12-9-24-10-25-12)19(31)26-13(6-7-35-3)18(30)27-14(21(33)34)4-5-16(22)29/h9-11,13-15,17H,4-8,23H2,1-3H3,(H2,22,29)(H,24,25)(H,26,31)(H,27,30)(H,28,32)(H,33,34). The summed E-state index contributed by atoms with van der Waals surface area (Å²) in [6.45, 7) is 3.54. The number of carbonyl (C=O) groups is 5. The lowest BCUT2D eigenvalue weighted by atomic mass is 10.0. The van der Waals surface area contributed by atoms with Crippen LogP contribution >= 0.6 is 11.8 Å². The van der Waals surface area contributed by atoms with Gasteiger partial charge >= 0.3 is 5.97 Å². The molecule has 13 nitrogen and oxygen atoms in total. The second-order valence-corrected chi connectivity index (χ2v) is 9.34. The number of aromatic amines is 1. The molecule has 1 heterocycles. The van der Waals surface area contributed by atoms with Crippen molar-refractivity contribution in [3.05, 3.63) is 18.2 Å². The largest absolute Gasteiger partial charge is 0.480 e. The highest BCUT2D eigenvalue weighted by Crippen LogP contribution is 2.07. The molecule has 14 heteroatoms. The smallest absolute Gasteiger partial charge is 0.326 e. The van der Waals surface area contributed by atoms with E-state index in [1.807, 2.05) is 6.26 Å². The molecule has 0 aliphatic carbocycles. The van der Waals surface area contributed by atoms with E-state index in [-0.39, 0.29) is 31.6 Å². The zero-order chi connectivity index (χ0) is 26.5. The molecular formula is C21H35N7O6S. The normalized spacial score (nSPS) is 14.4. The molecule has 9 N–H and O–H groups in total. The molecule has 35 heavy (non-hydrogen) atoms. The molecule has 0 aromatic carbocycles. The van der Waals surface area contributed by atoms with Crippen LogP contribution in [0.3, 0.4) is 0 Å². The Morgan fingerprint density at radius 3 is 2.14 bits per heavy atom. The van der Waals surface area contributed by atoms with E-state index in [1.54, 1.807) is 13.8 Å². The number of carboxylic acids is 1. The van der Waals surface area contributed by atoms with Gasteiger partial charge in [-0.3, -0.25) is 19.2 Å². The number of imidazole rings is 1. The summed E-state index contributed by atoms with van der Waals surface area (Å²) in [5.41, 5.74) is 11.6. The maximum Gasteiger partial charge on any atom is 0.326 e. The van der Waals surface area contributed by atoms with Gasteiger partial charge in [-0.25, -0.2) is 9.78 Å². The third-order valence-electron chi connectivity index (χ3n) is 5.17. The lowest BCUT2D eigenvalue weighted by molar-refractivity contribution is -0.142. The molecule has 0 aliphatic heterocycles. The highest BCUT2D eigenvalue weighted by molar-refractivity contribution is 7.98. The minimum Gasteiger partial charge on any atom is -0.480 e. The predicted molar refractivity (Wildman–Crippen MR) is 130 cm³/mol. The molecule has 196 valence electrons. The average molecular weight is 514 g/mol. The van der Waals surface area contributed by atoms with Gasteiger partial charge in [0.2, 0.25) is 23.6 Å². The van der Waals surface area contributed by atoms with Crippen LogP contribution in [0.4, 0.5) is 0 Å². The summed E-state index contributed by atoms with van der Waals surface area (Å²) in [4.78, 5) is 67.8. The molecule has 1 aromatic heterocycles. The Morgan fingerprint density at radius 1 is 1.03 bits per heavy atom. The van der Waals surface area contributed by atoms with E-state index in [9.17, 15) is 29.1 Å². The lowest BCUT2D eigenvalue weighted by Gasteiger charge is -2.25. The van der Waals surface area contributed by atoms with Gasteiger partial charge in [0.1, 0.15) is 18.1 Å². The molecule has 0 saturated heterocycles. The number of hydrogen-bond donors (Lipinski definition) is 7. The number of thioether (sulfide) groups is 1. The fraction of sp³-hybridized carbons (Fsp3) is 0.619. The first-order valence-corrected chi connectivity index (χ1v) is 12.5. The Bertz CT molecular complexity index is 864. The van der Waals surface area contributed by atoms with E-state index in [1.165, 1.54) is 24.3 Å². The summed E-state index contributed by atoms with van der Waals surface area (Å²) in [5.74, 6) is -3.60. The highest BCUT2D eigenvalue weighted by Gasteiger charge is 2.31. The topological polar surface area (TPSA) is 222 Å². The first kappa shape index (κ1) is 29.9. The number of rotatable bonds is 16. The number of carboxylic acid groups (broad SMARTS) is 1. The summed E-state index contributed by atoms with van der Waals surface area (Å²) in [5, 5.41) is 17.0. The molecule has 0 fully saturated rings. The highest BCUT2D eigenvalue weighted by atomic mass is 32.2. The van der Waals surface area contributed by atoms with Gasteiger partial charge in [-0.15, -0.1) is 0 Å². The van der Waals surface area contributed by atoms with Gasteiger partial charge in [0.15, 0.2) is 0 Å². The molecule has 0 bridgehead atoms. The Kier molecular flexibility index (Phi) is 12.8. The summed E-state index contributed by atoms with van der Waals surface area (Å²) in [6, 6.07) is -4.34. The molecule has 4 amide bonds. The van der Waals surface area contributed by atoms with Crippen LogP contribution in [-0.4, -0.2) is 80.8 Å². The molecule has 1 aromatic rings. The zero-order valence-electron chi connectivity index (χ0n) is 20.1. The van der Waals surface area contributed by atoms with Crippen LogP contribution in [0, 0.1) is 5.92 Å².